The van der Waals surface area contributed by atoms with Crippen molar-refractivity contribution >= 4 is 29.5 Å². The van der Waals surface area contributed by atoms with Crippen LogP contribution in [0.3, 0.4) is 0 Å². The van der Waals surface area contributed by atoms with Gasteiger partial charge in [-0.05, 0) is 42.8 Å². The van der Waals surface area contributed by atoms with Crippen molar-refractivity contribution in [2.75, 3.05) is 19.1 Å². The van der Waals surface area contributed by atoms with Gasteiger partial charge < -0.3 is 9.84 Å². The number of hydrogen-bond acceptors (Lipinski definition) is 4. The molecule has 1 N–H and O–H groups in total. The van der Waals surface area contributed by atoms with E-state index in [9.17, 15) is 13.6 Å². The topological polar surface area (TPSA) is 46.5 Å². The second-order valence-corrected chi connectivity index (χ2v) is 8.28. The van der Waals surface area contributed by atoms with Crippen LogP contribution in [0.4, 0.5) is 8.78 Å². The van der Waals surface area contributed by atoms with Crippen molar-refractivity contribution in [2.24, 2.45) is 0 Å². The van der Waals surface area contributed by atoms with Crippen molar-refractivity contribution < 1.29 is 23.4 Å². The first-order valence-electron chi connectivity index (χ1n) is 8.03. The minimum absolute atomic E-state index is 0.133. The minimum atomic E-state index is -1.52. The molecule has 2 aromatic carbocycles. The molecular weight excluding hydrogens is 390 g/mol. The summed E-state index contributed by atoms with van der Waals surface area (Å²) < 4.78 is 33.5. The number of fused-ring (bicyclic) bond motifs is 1. The normalized spacial score (nSPS) is 14.5. The fourth-order valence-electron chi connectivity index (χ4n) is 2.92. The maximum Gasteiger partial charge on any atom is 0.338 e. The molecule has 0 saturated carbocycles. The van der Waals surface area contributed by atoms with Gasteiger partial charge in [0.2, 0.25) is 0 Å². The van der Waals surface area contributed by atoms with Crippen molar-refractivity contribution in [3.05, 3.63) is 64.2 Å². The Labute approximate surface area is 164 Å². The van der Waals surface area contributed by atoms with E-state index in [1.165, 1.54) is 6.07 Å². The molecule has 140 valence electrons. The highest BCUT2D eigenvalue weighted by molar-refractivity contribution is 8.16. The second-order valence-electron chi connectivity index (χ2n) is 5.81. The molecule has 0 fully saturated rings. The van der Waals surface area contributed by atoms with Crippen LogP contribution in [0.25, 0.3) is 0 Å². The standard InChI is InChI=1S/C20H16F2O3S2/c1-26-20(27-2)9-10-25-16-8-4-12(11-15(16)20)3-5-13-6-7-14(19(23)24)18(22)17(13)21/h4,6-8,11H,9-10H2,1-2H3,(H,23,24). The highest BCUT2D eigenvalue weighted by Crippen LogP contribution is 2.52. The Kier molecular flexibility index (Phi) is 5.68. The van der Waals surface area contributed by atoms with Crippen LogP contribution in [0.1, 0.15) is 33.5 Å². The van der Waals surface area contributed by atoms with Crippen molar-refractivity contribution in [1.82, 2.24) is 0 Å². The van der Waals surface area contributed by atoms with E-state index >= 15 is 0 Å². The zero-order chi connectivity index (χ0) is 19.6. The van der Waals surface area contributed by atoms with Crippen molar-refractivity contribution in [1.29, 1.82) is 0 Å². The summed E-state index contributed by atoms with van der Waals surface area (Å²) in [5.74, 6) is 2.05. The van der Waals surface area contributed by atoms with Crippen LogP contribution in [0.15, 0.2) is 30.3 Å². The van der Waals surface area contributed by atoms with Gasteiger partial charge in [0.05, 0.1) is 21.8 Å². The number of carboxylic acids is 1. The Balaban J connectivity index is 2.00. The van der Waals surface area contributed by atoms with Crippen LogP contribution in [0.5, 0.6) is 5.75 Å². The lowest BCUT2D eigenvalue weighted by atomic mass is 10.0. The number of rotatable bonds is 3. The lowest BCUT2D eigenvalue weighted by Crippen LogP contribution is -2.26. The van der Waals surface area contributed by atoms with Crippen LogP contribution >= 0.6 is 23.5 Å². The number of aromatic carboxylic acids is 1. The summed E-state index contributed by atoms with van der Waals surface area (Å²) in [6, 6.07) is 7.70. The number of hydrogen-bond donors (Lipinski definition) is 1. The fourth-order valence-corrected chi connectivity index (χ4v) is 4.92. The van der Waals surface area contributed by atoms with Gasteiger partial charge in [-0.15, -0.1) is 23.5 Å². The van der Waals surface area contributed by atoms with E-state index in [0.29, 0.717) is 12.2 Å². The number of benzene rings is 2. The predicted molar refractivity (Wildman–Crippen MR) is 105 cm³/mol. The number of halogens is 2. The summed E-state index contributed by atoms with van der Waals surface area (Å²) >= 11 is 3.47. The first-order valence-corrected chi connectivity index (χ1v) is 10.5. The number of thioether (sulfide) groups is 2. The third-order valence-corrected chi connectivity index (χ3v) is 7.56. The molecule has 27 heavy (non-hydrogen) atoms. The van der Waals surface area contributed by atoms with Gasteiger partial charge in [-0.1, -0.05) is 11.8 Å². The molecule has 1 aliphatic heterocycles. The van der Waals surface area contributed by atoms with E-state index in [2.05, 4.69) is 11.8 Å². The van der Waals surface area contributed by atoms with E-state index < -0.39 is 23.2 Å². The molecule has 7 heteroatoms. The molecule has 0 amide bonds. The lowest BCUT2D eigenvalue weighted by Gasteiger charge is -2.36. The zero-order valence-corrected chi connectivity index (χ0v) is 16.3. The molecule has 2 aromatic rings. The molecule has 3 nitrogen and oxygen atoms in total. The second kappa shape index (κ2) is 7.83. The minimum Gasteiger partial charge on any atom is -0.493 e. The molecule has 0 bridgehead atoms. The van der Waals surface area contributed by atoms with Crippen LogP contribution in [0.2, 0.25) is 0 Å². The summed E-state index contributed by atoms with van der Waals surface area (Å²) in [4.78, 5) is 10.9. The molecule has 1 aliphatic rings. The van der Waals surface area contributed by atoms with Gasteiger partial charge in [-0.3, -0.25) is 0 Å². The Bertz CT molecular complexity index is 960. The maximum atomic E-state index is 14.1. The Morgan fingerprint density at radius 1 is 1.15 bits per heavy atom. The van der Waals surface area contributed by atoms with E-state index in [1.54, 1.807) is 29.6 Å². The fraction of sp³-hybridized carbons (Fsp3) is 0.250. The Morgan fingerprint density at radius 3 is 2.56 bits per heavy atom. The highest BCUT2D eigenvalue weighted by Gasteiger charge is 2.36. The molecule has 0 unspecified atom stereocenters. The average molecular weight is 406 g/mol. The van der Waals surface area contributed by atoms with Gasteiger partial charge in [0.15, 0.2) is 11.6 Å². The molecule has 0 aliphatic carbocycles. The first kappa shape index (κ1) is 19.6. The van der Waals surface area contributed by atoms with E-state index in [4.69, 9.17) is 9.84 Å². The van der Waals surface area contributed by atoms with Crippen molar-refractivity contribution in [3.8, 4) is 17.6 Å². The molecular formula is C20H16F2O3S2. The zero-order valence-electron chi connectivity index (χ0n) is 14.6. The highest BCUT2D eigenvalue weighted by atomic mass is 32.2. The maximum absolute atomic E-state index is 14.1. The predicted octanol–water partition coefficient (Wildman–Crippen LogP) is 4.72. The Morgan fingerprint density at radius 2 is 1.89 bits per heavy atom. The summed E-state index contributed by atoms with van der Waals surface area (Å²) in [5.41, 5.74) is 0.767. The molecule has 0 atom stereocenters. The van der Waals surface area contributed by atoms with Gasteiger partial charge in [0.25, 0.3) is 0 Å². The summed E-state index contributed by atoms with van der Waals surface area (Å²) in [7, 11) is 0. The first-order chi connectivity index (χ1) is 12.9. The average Bonchev–Trinajstić information content (AvgIpc) is 2.68. The molecule has 0 spiro atoms. The quantitative estimate of drug-likeness (QED) is 0.590. The lowest BCUT2D eigenvalue weighted by molar-refractivity contribution is 0.0690. The summed E-state index contributed by atoms with van der Waals surface area (Å²) in [6.07, 6.45) is 4.95. The molecule has 0 radical (unpaired) electrons. The third kappa shape index (κ3) is 3.64. The monoisotopic (exact) mass is 406 g/mol. The molecule has 1 heterocycles. The van der Waals surface area contributed by atoms with Crippen LogP contribution in [-0.4, -0.2) is 30.2 Å². The summed E-state index contributed by atoms with van der Waals surface area (Å²) in [5, 5.41) is 8.84. The van der Waals surface area contributed by atoms with Crippen LogP contribution in [0, 0.1) is 23.5 Å². The molecule has 3 rings (SSSR count). The van der Waals surface area contributed by atoms with E-state index in [0.717, 1.165) is 23.8 Å². The van der Waals surface area contributed by atoms with Crippen molar-refractivity contribution in [3.63, 3.8) is 0 Å². The smallest absolute Gasteiger partial charge is 0.338 e. The van der Waals surface area contributed by atoms with Gasteiger partial charge in [-0.2, -0.15) is 0 Å². The summed E-state index contributed by atoms with van der Waals surface area (Å²) in [6.45, 7) is 0.639. The largest absolute Gasteiger partial charge is 0.493 e. The van der Waals surface area contributed by atoms with E-state index in [-0.39, 0.29) is 9.64 Å². The van der Waals surface area contributed by atoms with Gasteiger partial charge in [-0.25, -0.2) is 13.6 Å². The SMILES string of the molecule is CSC1(SC)CCOc2ccc(C#Cc3ccc(C(=O)O)c(F)c3F)cc21. The van der Waals surface area contributed by atoms with E-state index in [1.807, 2.05) is 24.6 Å². The van der Waals surface area contributed by atoms with Crippen molar-refractivity contribution in [2.45, 2.75) is 10.5 Å². The van der Waals surface area contributed by atoms with Crippen LogP contribution < -0.4 is 4.74 Å². The van der Waals surface area contributed by atoms with Gasteiger partial charge >= 0.3 is 5.97 Å². The number of carbonyl (C=O) groups is 1. The van der Waals surface area contributed by atoms with Gasteiger partial charge in [0, 0.05) is 17.5 Å². The van der Waals surface area contributed by atoms with Crippen LogP contribution in [-0.2, 0) is 4.08 Å². The Hall–Kier alpha value is -2.17. The third-order valence-electron chi connectivity index (χ3n) is 4.39. The number of ether oxygens (including phenoxy) is 1. The molecule has 0 saturated heterocycles. The number of carboxylic acid groups (broad SMARTS) is 1. The molecule has 0 aromatic heterocycles. The van der Waals surface area contributed by atoms with Gasteiger partial charge in [0.1, 0.15) is 5.75 Å².